The number of nitriles is 2. The molecule has 1 atom stereocenters. The number of nitrogens with zero attached hydrogens (tertiary/aromatic N) is 3. The summed E-state index contributed by atoms with van der Waals surface area (Å²) in [5.74, 6) is 0.0996. The number of hydrogen-bond acceptors (Lipinski definition) is 8. The van der Waals surface area contributed by atoms with Crippen molar-refractivity contribution >= 4 is 55.3 Å². The van der Waals surface area contributed by atoms with Crippen LogP contribution in [-0.4, -0.2) is 10.9 Å². The van der Waals surface area contributed by atoms with Crippen LogP contribution in [0.3, 0.4) is 0 Å². The fraction of sp³-hybridized carbons (Fsp3) is 0.259. The number of aromatic nitrogens is 1. The SMILES string of the molecule is CC(C)c1c(C#N)c(N)nc2sc(C(=O)Nc3sc4c(c3C#N)CCC(c3ccccc3)C4)c(N)c12. The van der Waals surface area contributed by atoms with Gasteiger partial charge >= 0.3 is 0 Å². The number of nitrogen functional groups attached to an aromatic ring is 2. The van der Waals surface area contributed by atoms with Gasteiger partial charge in [0, 0.05) is 10.3 Å². The molecule has 0 aliphatic heterocycles. The molecule has 1 unspecified atom stereocenters. The van der Waals surface area contributed by atoms with Crippen molar-refractivity contribution < 1.29 is 4.79 Å². The summed E-state index contributed by atoms with van der Waals surface area (Å²) in [6, 6.07) is 14.8. The van der Waals surface area contributed by atoms with E-state index in [9.17, 15) is 15.3 Å². The Morgan fingerprint density at radius 3 is 2.53 bits per heavy atom. The molecule has 0 fully saturated rings. The summed E-state index contributed by atoms with van der Waals surface area (Å²) >= 11 is 2.61. The van der Waals surface area contributed by atoms with Crippen molar-refractivity contribution in [3.8, 4) is 12.1 Å². The minimum absolute atomic E-state index is 0.0352. The molecule has 4 aromatic rings. The smallest absolute Gasteiger partial charge is 0.268 e. The minimum atomic E-state index is -0.392. The second-order valence-corrected chi connectivity index (χ2v) is 11.3. The number of rotatable bonds is 4. The summed E-state index contributed by atoms with van der Waals surface area (Å²) < 4.78 is 0. The molecule has 1 amide bonds. The third-order valence-corrected chi connectivity index (χ3v) is 8.98. The lowest BCUT2D eigenvalue weighted by atomic mass is 9.83. The van der Waals surface area contributed by atoms with Gasteiger partial charge in [0.25, 0.3) is 5.91 Å². The van der Waals surface area contributed by atoms with Crippen LogP contribution in [0.1, 0.15) is 74.5 Å². The van der Waals surface area contributed by atoms with E-state index in [0.717, 1.165) is 41.0 Å². The third kappa shape index (κ3) is 3.87. The van der Waals surface area contributed by atoms with E-state index >= 15 is 0 Å². The highest BCUT2D eigenvalue weighted by molar-refractivity contribution is 7.21. The van der Waals surface area contributed by atoms with Gasteiger partial charge in [-0.1, -0.05) is 44.2 Å². The van der Waals surface area contributed by atoms with Crippen molar-refractivity contribution in [2.45, 2.75) is 44.9 Å². The summed E-state index contributed by atoms with van der Waals surface area (Å²) in [5, 5.41) is 23.6. The summed E-state index contributed by atoms with van der Waals surface area (Å²) in [7, 11) is 0. The molecule has 0 bridgehead atoms. The highest BCUT2D eigenvalue weighted by Gasteiger charge is 2.29. The maximum absolute atomic E-state index is 13.4. The van der Waals surface area contributed by atoms with Crippen LogP contribution in [0, 0.1) is 22.7 Å². The first-order valence-corrected chi connectivity index (χ1v) is 13.3. The molecule has 1 aliphatic carbocycles. The van der Waals surface area contributed by atoms with Crippen molar-refractivity contribution in [2.75, 3.05) is 16.8 Å². The van der Waals surface area contributed by atoms with Gasteiger partial charge in [-0.3, -0.25) is 4.79 Å². The minimum Gasteiger partial charge on any atom is -0.397 e. The van der Waals surface area contributed by atoms with Crippen molar-refractivity contribution in [1.29, 1.82) is 10.5 Å². The molecule has 9 heteroatoms. The Morgan fingerprint density at radius 1 is 1.14 bits per heavy atom. The van der Waals surface area contributed by atoms with E-state index < -0.39 is 5.91 Å². The maximum atomic E-state index is 13.4. The third-order valence-electron chi connectivity index (χ3n) is 6.71. The van der Waals surface area contributed by atoms with E-state index in [1.165, 1.54) is 16.9 Å². The number of benzene rings is 1. The molecule has 3 heterocycles. The predicted molar refractivity (Wildman–Crippen MR) is 145 cm³/mol. The molecule has 36 heavy (non-hydrogen) atoms. The fourth-order valence-electron chi connectivity index (χ4n) is 5.02. The molecular formula is C27H24N6OS2. The van der Waals surface area contributed by atoms with Crippen LogP contribution in [-0.2, 0) is 12.8 Å². The van der Waals surface area contributed by atoms with Gasteiger partial charge in [0.05, 0.1) is 16.8 Å². The van der Waals surface area contributed by atoms with Crippen molar-refractivity contribution in [3.63, 3.8) is 0 Å². The zero-order valence-electron chi connectivity index (χ0n) is 19.9. The Kier molecular flexibility index (Phi) is 6.13. The number of nitrogens with two attached hydrogens (primary N) is 2. The Morgan fingerprint density at radius 2 is 1.86 bits per heavy atom. The van der Waals surface area contributed by atoms with Gasteiger partial charge < -0.3 is 16.8 Å². The van der Waals surface area contributed by atoms with Crippen molar-refractivity contribution in [1.82, 2.24) is 4.98 Å². The molecule has 1 aliphatic rings. The van der Waals surface area contributed by atoms with Crippen LogP contribution in [0.2, 0.25) is 0 Å². The molecule has 5 rings (SSSR count). The number of anilines is 3. The van der Waals surface area contributed by atoms with Crippen LogP contribution in [0.5, 0.6) is 0 Å². The second-order valence-electron chi connectivity index (χ2n) is 9.20. The lowest BCUT2D eigenvalue weighted by Gasteiger charge is -2.22. The molecule has 1 aromatic carbocycles. The molecule has 0 radical (unpaired) electrons. The van der Waals surface area contributed by atoms with Gasteiger partial charge in [-0.15, -0.1) is 22.7 Å². The average Bonchev–Trinajstić information content (AvgIpc) is 3.39. The quantitative estimate of drug-likeness (QED) is 0.310. The molecule has 0 saturated carbocycles. The summed E-state index contributed by atoms with van der Waals surface area (Å²) in [5.41, 5.74) is 16.6. The molecule has 0 spiro atoms. The van der Waals surface area contributed by atoms with Crippen LogP contribution in [0.25, 0.3) is 10.2 Å². The van der Waals surface area contributed by atoms with Crippen molar-refractivity contribution in [3.05, 3.63) is 67.9 Å². The Balaban J connectivity index is 1.50. The van der Waals surface area contributed by atoms with E-state index in [2.05, 4.69) is 34.6 Å². The van der Waals surface area contributed by atoms with Gasteiger partial charge in [0.15, 0.2) is 0 Å². The average molecular weight is 513 g/mol. The van der Waals surface area contributed by atoms with E-state index in [-0.39, 0.29) is 17.4 Å². The molecular weight excluding hydrogens is 488 g/mol. The van der Waals surface area contributed by atoms with Gasteiger partial charge in [0.2, 0.25) is 0 Å². The lowest BCUT2D eigenvalue weighted by Crippen LogP contribution is -2.12. The Labute approximate surface area is 217 Å². The molecule has 0 saturated heterocycles. The first kappa shape index (κ1) is 23.8. The number of hydrogen-bond donors (Lipinski definition) is 3. The van der Waals surface area contributed by atoms with Crippen LogP contribution < -0.4 is 16.8 Å². The molecule has 7 nitrogen and oxygen atoms in total. The number of thiophene rings is 2. The van der Waals surface area contributed by atoms with Crippen LogP contribution >= 0.6 is 22.7 Å². The highest BCUT2D eigenvalue weighted by atomic mass is 32.1. The normalized spacial score (nSPS) is 14.9. The topological polar surface area (TPSA) is 142 Å². The number of amides is 1. The number of carbonyl (C=O) groups excluding carboxylic acids is 1. The Bertz CT molecular complexity index is 1590. The second kappa shape index (κ2) is 9.27. The van der Waals surface area contributed by atoms with E-state index in [0.29, 0.717) is 42.7 Å². The summed E-state index contributed by atoms with van der Waals surface area (Å²) in [4.78, 5) is 19.7. The first-order valence-electron chi connectivity index (χ1n) is 11.7. The van der Waals surface area contributed by atoms with Crippen molar-refractivity contribution in [2.24, 2.45) is 0 Å². The number of pyridine rings is 1. The monoisotopic (exact) mass is 512 g/mol. The summed E-state index contributed by atoms with van der Waals surface area (Å²) in [6.45, 7) is 3.90. The van der Waals surface area contributed by atoms with Gasteiger partial charge in [0.1, 0.15) is 32.7 Å². The first-order chi connectivity index (χ1) is 17.3. The molecule has 180 valence electrons. The van der Waals surface area contributed by atoms with Gasteiger partial charge in [-0.2, -0.15) is 10.5 Å². The zero-order chi connectivity index (χ0) is 25.6. The van der Waals surface area contributed by atoms with Crippen LogP contribution in [0.15, 0.2) is 30.3 Å². The van der Waals surface area contributed by atoms with E-state index in [4.69, 9.17) is 11.5 Å². The van der Waals surface area contributed by atoms with Gasteiger partial charge in [-0.25, -0.2) is 4.98 Å². The maximum Gasteiger partial charge on any atom is 0.268 e. The largest absolute Gasteiger partial charge is 0.397 e. The van der Waals surface area contributed by atoms with E-state index in [1.54, 1.807) is 0 Å². The number of carbonyl (C=O) groups is 1. The standard InChI is InChI=1S/C27H24N6OS2/c1-13(2)20-18(12-29)24(31)32-27-21(20)22(30)23(36-27)25(34)33-26-17(11-28)16-9-8-15(10-19(16)35-26)14-6-4-3-5-7-14/h3-7,13,15H,8-10,30H2,1-2H3,(H2,31,32)(H,33,34). The van der Waals surface area contributed by atoms with Crippen LogP contribution in [0.4, 0.5) is 16.5 Å². The Hall–Kier alpha value is -3.92. The van der Waals surface area contributed by atoms with Gasteiger partial charge in [-0.05, 0) is 47.8 Å². The fourth-order valence-corrected chi connectivity index (χ4v) is 7.31. The molecule has 3 aromatic heterocycles. The lowest BCUT2D eigenvalue weighted by molar-refractivity contribution is 0.103. The zero-order valence-corrected chi connectivity index (χ0v) is 21.5. The highest BCUT2D eigenvalue weighted by Crippen LogP contribution is 2.44. The summed E-state index contributed by atoms with van der Waals surface area (Å²) in [6.07, 6.45) is 2.61. The number of nitrogens with one attached hydrogen (secondary N) is 1. The predicted octanol–water partition coefficient (Wildman–Crippen LogP) is 5.91. The molecule has 5 N–H and O–H groups in total. The van der Waals surface area contributed by atoms with E-state index in [1.807, 2.05) is 32.0 Å². The number of fused-ring (bicyclic) bond motifs is 2.